The molecule has 0 aliphatic carbocycles. The number of halogens is 1. The first-order valence-corrected chi connectivity index (χ1v) is 9.61. The summed E-state index contributed by atoms with van der Waals surface area (Å²) >= 11 is 2.06. The summed E-state index contributed by atoms with van der Waals surface area (Å²) in [6.07, 6.45) is -0.903. The molecule has 9 heteroatoms. The summed E-state index contributed by atoms with van der Waals surface area (Å²) in [5, 5.41) is 15.1. The Morgan fingerprint density at radius 3 is 2.75 bits per heavy atom. The molecule has 1 aliphatic heterocycles. The Labute approximate surface area is 175 Å². The van der Waals surface area contributed by atoms with Gasteiger partial charge in [-0.1, -0.05) is 12.1 Å². The Hall–Kier alpha value is -2.53. The minimum Gasteiger partial charge on any atom is -0.491 e. The molecule has 1 aliphatic rings. The Bertz CT molecular complexity index is 860. The van der Waals surface area contributed by atoms with Gasteiger partial charge in [-0.2, -0.15) is 0 Å². The van der Waals surface area contributed by atoms with Crippen molar-refractivity contribution in [2.75, 3.05) is 26.5 Å². The maximum absolute atomic E-state index is 12.1. The van der Waals surface area contributed by atoms with Gasteiger partial charge in [0.2, 0.25) is 12.7 Å². The molecule has 148 valence electrons. The molecule has 8 nitrogen and oxygen atoms in total. The molecule has 0 radical (unpaired) electrons. The molecular weight excluding hydrogens is 479 g/mol. The molecule has 1 unspecified atom stereocenters. The van der Waals surface area contributed by atoms with Crippen LogP contribution in [0.3, 0.4) is 0 Å². The molecule has 0 fully saturated rings. The monoisotopic (exact) mass is 498 g/mol. The highest BCUT2D eigenvalue weighted by molar-refractivity contribution is 14.1. The molecule has 0 spiro atoms. The van der Waals surface area contributed by atoms with Crippen LogP contribution in [0.15, 0.2) is 42.5 Å². The van der Waals surface area contributed by atoms with Gasteiger partial charge in [0.05, 0.1) is 12.1 Å². The predicted molar refractivity (Wildman–Crippen MR) is 109 cm³/mol. The van der Waals surface area contributed by atoms with Gasteiger partial charge in [0.1, 0.15) is 18.5 Å². The third-order valence-electron chi connectivity index (χ3n) is 3.85. The van der Waals surface area contributed by atoms with Crippen LogP contribution in [0.1, 0.15) is 10.4 Å². The van der Waals surface area contributed by atoms with Crippen molar-refractivity contribution >= 4 is 34.4 Å². The highest BCUT2D eigenvalue weighted by atomic mass is 127. The summed E-state index contributed by atoms with van der Waals surface area (Å²) in [7, 11) is 0. The van der Waals surface area contributed by atoms with Gasteiger partial charge in [-0.25, -0.2) is 0 Å². The van der Waals surface area contributed by atoms with E-state index in [0.717, 1.165) is 3.57 Å². The minimum absolute atomic E-state index is 0.00211. The number of hydrogen-bond acceptors (Lipinski definition) is 6. The average Bonchev–Trinajstić information content (AvgIpc) is 3.17. The zero-order valence-corrected chi connectivity index (χ0v) is 17.0. The molecule has 0 saturated heterocycles. The summed E-state index contributed by atoms with van der Waals surface area (Å²) in [4.78, 5) is 23.9. The number of rotatable bonds is 8. The van der Waals surface area contributed by atoms with Crippen molar-refractivity contribution in [1.82, 2.24) is 10.6 Å². The van der Waals surface area contributed by atoms with Crippen molar-refractivity contribution in [3.63, 3.8) is 0 Å². The second-order valence-electron chi connectivity index (χ2n) is 5.95. The van der Waals surface area contributed by atoms with Crippen LogP contribution < -0.4 is 24.8 Å². The number of aliphatic hydroxyl groups excluding tert-OH is 1. The van der Waals surface area contributed by atoms with Gasteiger partial charge in [-0.3, -0.25) is 9.59 Å². The fraction of sp³-hybridized carbons (Fsp3) is 0.263. The maximum atomic E-state index is 12.1. The van der Waals surface area contributed by atoms with E-state index in [-0.39, 0.29) is 32.4 Å². The van der Waals surface area contributed by atoms with Crippen molar-refractivity contribution in [2.45, 2.75) is 6.10 Å². The summed E-state index contributed by atoms with van der Waals surface area (Å²) in [5.74, 6) is 1.03. The van der Waals surface area contributed by atoms with E-state index in [1.165, 1.54) is 0 Å². The molecule has 0 aromatic heterocycles. The Kier molecular flexibility index (Phi) is 6.93. The highest BCUT2D eigenvalue weighted by Crippen LogP contribution is 2.35. The van der Waals surface area contributed by atoms with Gasteiger partial charge in [0.15, 0.2) is 11.5 Å². The number of aliphatic hydroxyl groups is 1. The lowest BCUT2D eigenvalue weighted by Crippen LogP contribution is -2.41. The van der Waals surface area contributed by atoms with Crippen molar-refractivity contribution in [1.29, 1.82) is 0 Å². The number of carbonyl (C=O) groups is 2. The van der Waals surface area contributed by atoms with Gasteiger partial charge < -0.3 is 30.0 Å². The van der Waals surface area contributed by atoms with Crippen molar-refractivity contribution in [3.05, 3.63) is 51.6 Å². The lowest BCUT2D eigenvalue weighted by Gasteiger charge is -2.14. The van der Waals surface area contributed by atoms with Crippen LogP contribution in [0.25, 0.3) is 0 Å². The fourth-order valence-corrected chi connectivity index (χ4v) is 3.05. The molecule has 0 bridgehead atoms. The van der Waals surface area contributed by atoms with Gasteiger partial charge in [-0.15, -0.1) is 0 Å². The van der Waals surface area contributed by atoms with Crippen LogP contribution in [0.4, 0.5) is 0 Å². The number of fused-ring (bicyclic) bond motifs is 1. The van der Waals surface area contributed by atoms with Crippen molar-refractivity contribution in [2.24, 2.45) is 0 Å². The van der Waals surface area contributed by atoms with Crippen LogP contribution in [0, 0.1) is 3.57 Å². The third kappa shape index (κ3) is 5.49. The second-order valence-corrected chi connectivity index (χ2v) is 7.11. The number of hydrogen-bond donors (Lipinski definition) is 3. The van der Waals surface area contributed by atoms with E-state index in [1.807, 2.05) is 12.1 Å². The number of benzene rings is 2. The molecule has 1 atom stereocenters. The van der Waals surface area contributed by atoms with E-state index < -0.39 is 12.0 Å². The number of nitrogens with one attached hydrogen (secondary N) is 2. The van der Waals surface area contributed by atoms with Crippen LogP contribution in [-0.4, -0.2) is 49.5 Å². The Morgan fingerprint density at radius 2 is 1.93 bits per heavy atom. The lowest BCUT2D eigenvalue weighted by molar-refractivity contribution is -0.120. The lowest BCUT2D eigenvalue weighted by atomic mass is 10.2. The fourth-order valence-electron chi connectivity index (χ4n) is 2.41. The maximum Gasteiger partial charge on any atom is 0.252 e. The highest BCUT2D eigenvalue weighted by Gasteiger charge is 2.15. The van der Waals surface area contributed by atoms with Crippen LogP contribution in [0.5, 0.6) is 17.2 Å². The van der Waals surface area contributed by atoms with Crippen molar-refractivity contribution < 1.29 is 28.9 Å². The summed E-state index contributed by atoms with van der Waals surface area (Å²) in [6.45, 7) is -0.0103. The van der Waals surface area contributed by atoms with E-state index in [2.05, 4.69) is 33.2 Å². The molecule has 3 rings (SSSR count). The van der Waals surface area contributed by atoms with Gasteiger partial charge in [-0.05, 0) is 46.9 Å². The van der Waals surface area contributed by atoms with E-state index in [1.54, 1.807) is 30.3 Å². The summed E-state index contributed by atoms with van der Waals surface area (Å²) in [5.41, 5.74) is 0.507. The Balaban J connectivity index is 1.36. The topological polar surface area (TPSA) is 106 Å². The normalized spacial score (nSPS) is 12.9. The van der Waals surface area contributed by atoms with Crippen LogP contribution >= 0.6 is 22.6 Å². The first-order chi connectivity index (χ1) is 13.5. The van der Waals surface area contributed by atoms with Crippen LogP contribution in [-0.2, 0) is 4.79 Å². The molecule has 2 aromatic rings. The summed E-state index contributed by atoms with van der Waals surface area (Å²) < 4.78 is 16.8. The number of ether oxygens (including phenoxy) is 3. The van der Waals surface area contributed by atoms with Crippen LogP contribution in [0.2, 0.25) is 0 Å². The molecular formula is C19H19IN2O6. The zero-order chi connectivity index (χ0) is 19.9. The molecule has 2 amide bonds. The predicted octanol–water partition coefficient (Wildman–Crippen LogP) is 1.31. The summed E-state index contributed by atoms with van der Waals surface area (Å²) in [6, 6.07) is 12.2. The Morgan fingerprint density at radius 1 is 1.14 bits per heavy atom. The van der Waals surface area contributed by atoms with Gasteiger partial charge >= 0.3 is 0 Å². The first-order valence-electron chi connectivity index (χ1n) is 8.53. The molecule has 3 N–H and O–H groups in total. The van der Waals surface area contributed by atoms with E-state index in [4.69, 9.17) is 14.2 Å². The zero-order valence-electron chi connectivity index (χ0n) is 14.8. The second kappa shape index (κ2) is 9.60. The molecule has 1 heterocycles. The largest absolute Gasteiger partial charge is 0.491 e. The van der Waals surface area contributed by atoms with E-state index in [0.29, 0.717) is 22.8 Å². The van der Waals surface area contributed by atoms with Gasteiger partial charge in [0, 0.05) is 16.2 Å². The SMILES string of the molecule is O=C(CNC(=O)c1ccccc1I)NCC(O)COc1ccc2c(c1)OCO2. The smallest absolute Gasteiger partial charge is 0.252 e. The molecule has 28 heavy (non-hydrogen) atoms. The van der Waals surface area contributed by atoms with Gasteiger partial charge in [0.25, 0.3) is 5.91 Å². The number of amides is 2. The number of carbonyl (C=O) groups excluding carboxylic acids is 2. The first kappa shape index (κ1) is 20.2. The standard InChI is InChI=1S/C19H19IN2O6/c20-15-4-2-1-3-14(15)19(25)22-9-18(24)21-8-12(23)10-26-13-5-6-16-17(7-13)28-11-27-16/h1-7,12,23H,8-11H2,(H,21,24)(H,22,25). The quantitative estimate of drug-likeness (QED) is 0.474. The molecule has 2 aromatic carbocycles. The third-order valence-corrected chi connectivity index (χ3v) is 4.79. The molecule has 0 saturated carbocycles. The van der Waals surface area contributed by atoms with Crippen molar-refractivity contribution in [3.8, 4) is 17.2 Å². The minimum atomic E-state index is -0.903. The average molecular weight is 498 g/mol. The van der Waals surface area contributed by atoms with E-state index in [9.17, 15) is 14.7 Å². The van der Waals surface area contributed by atoms with E-state index >= 15 is 0 Å².